The number of methoxy groups -OCH3 is 1. The van der Waals surface area contributed by atoms with Crippen LogP contribution in [0.4, 0.5) is 0 Å². The van der Waals surface area contributed by atoms with Gasteiger partial charge in [-0.25, -0.2) is 9.79 Å². The first-order chi connectivity index (χ1) is 22.0. The van der Waals surface area contributed by atoms with Crippen molar-refractivity contribution < 1.29 is 19.0 Å². The molecule has 0 amide bonds. The van der Waals surface area contributed by atoms with E-state index >= 15 is 0 Å². The molecule has 2 heterocycles. The first-order valence-corrected chi connectivity index (χ1v) is 15.6. The lowest BCUT2D eigenvalue weighted by molar-refractivity contribution is -0.138. The Hall–Kier alpha value is -4.92. The summed E-state index contributed by atoms with van der Waals surface area (Å²) >= 11 is 7.48. The molecule has 0 radical (unpaired) electrons. The third-order valence-corrected chi connectivity index (χ3v) is 8.54. The minimum absolute atomic E-state index is 0.170. The maximum Gasteiger partial charge on any atom is 0.338 e. The summed E-state index contributed by atoms with van der Waals surface area (Å²) in [5.41, 5.74) is 3.54. The Morgan fingerprint density at radius 2 is 1.67 bits per heavy atom. The Balaban J connectivity index is 1.56. The quantitative estimate of drug-likeness (QED) is 0.181. The van der Waals surface area contributed by atoms with Crippen molar-refractivity contribution in [2.45, 2.75) is 19.6 Å². The largest absolute Gasteiger partial charge is 0.493 e. The molecule has 0 aliphatic carbocycles. The van der Waals surface area contributed by atoms with Gasteiger partial charge in [-0.2, -0.15) is 0 Å². The van der Waals surface area contributed by atoms with Crippen LogP contribution in [0.2, 0.25) is 5.02 Å². The number of halogens is 1. The smallest absolute Gasteiger partial charge is 0.338 e. The Labute approximate surface area is 268 Å². The van der Waals surface area contributed by atoms with Crippen molar-refractivity contribution in [2.75, 3.05) is 13.7 Å². The average Bonchev–Trinajstić information content (AvgIpc) is 3.38. The summed E-state index contributed by atoms with van der Waals surface area (Å²) in [5.74, 6) is 0.516. The van der Waals surface area contributed by atoms with Gasteiger partial charge in [0.25, 0.3) is 5.56 Å². The van der Waals surface area contributed by atoms with Gasteiger partial charge in [-0.3, -0.25) is 9.36 Å². The van der Waals surface area contributed by atoms with Gasteiger partial charge in [0.2, 0.25) is 0 Å². The van der Waals surface area contributed by atoms with E-state index in [-0.39, 0.29) is 17.7 Å². The number of ether oxygens (including phenoxy) is 3. The second kappa shape index (κ2) is 13.4. The van der Waals surface area contributed by atoms with E-state index in [2.05, 4.69) is 0 Å². The van der Waals surface area contributed by atoms with Crippen molar-refractivity contribution in [3.05, 3.63) is 156 Å². The first kappa shape index (κ1) is 30.1. The Kier molecular flexibility index (Phi) is 8.96. The molecule has 1 atom stereocenters. The predicted octanol–water partition coefficient (Wildman–Crippen LogP) is 6.18. The normalized spacial score (nSPS) is 14.5. The highest BCUT2D eigenvalue weighted by Gasteiger charge is 2.35. The molecule has 45 heavy (non-hydrogen) atoms. The fraction of sp³-hybridized carbons (Fsp3) is 0.139. The van der Waals surface area contributed by atoms with E-state index < -0.39 is 12.0 Å². The lowest BCUT2D eigenvalue weighted by Gasteiger charge is -2.26. The summed E-state index contributed by atoms with van der Waals surface area (Å²) in [4.78, 5) is 33.3. The van der Waals surface area contributed by atoms with E-state index in [4.69, 9.17) is 30.8 Å². The highest BCUT2D eigenvalue weighted by Crippen LogP contribution is 2.36. The summed E-state index contributed by atoms with van der Waals surface area (Å²) in [6, 6.07) is 31.1. The molecule has 0 spiro atoms. The molecular weight excluding hydrogens is 608 g/mol. The summed E-state index contributed by atoms with van der Waals surface area (Å²) in [6.07, 6.45) is 1.78. The van der Waals surface area contributed by atoms with Crippen LogP contribution in [0.1, 0.15) is 35.2 Å². The van der Waals surface area contributed by atoms with Crippen molar-refractivity contribution in [3.63, 3.8) is 0 Å². The Bertz CT molecular complexity index is 2050. The third kappa shape index (κ3) is 6.20. The predicted molar refractivity (Wildman–Crippen MR) is 176 cm³/mol. The molecule has 0 bridgehead atoms. The molecule has 0 fully saturated rings. The molecule has 1 aliphatic heterocycles. The number of hydrogen-bond donors (Lipinski definition) is 0. The monoisotopic (exact) mass is 636 g/mol. The number of para-hydroxylation sites is 1. The molecule has 5 aromatic rings. The zero-order valence-corrected chi connectivity index (χ0v) is 26.2. The van der Waals surface area contributed by atoms with Crippen molar-refractivity contribution in [1.82, 2.24) is 4.57 Å². The van der Waals surface area contributed by atoms with Crippen LogP contribution in [-0.2, 0) is 16.1 Å². The number of hydrogen-bond acceptors (Lipinski definition) is 7. The molecule has 9 heteroatoms. The second-order valence-corrected chi connectivity index (χ2v) is 11.6. The molecule has 6 rings (SSSR count). The number of carbonyl (C=O) groups excluding carboxylic acids is 1. The van der Waals surface area contributed by atoms with E-state index in [0.717, 1.165) is 11.1 Å². The van der Waals surface area contributed by atoms with E-state index in [1.165, 1.54) is 11.3 Å². The van der Waals surface area contributed by atoms with E-state index in [1.807, 2.05) is 91.0 Å². The van der Waals surface area contributed by atoms with Gasteiger partial charge in [-0.1, -0.05) is 108 Å². The minimum atomic E-state index is -0.797. The Morgan fingerprint density at radius 1 is 0.956 bits per heavy atom. The van der Waals surface area contributed by atoms with Crippen LogP contribution in [0, 0.1) is 0 Å². The van der Waals surface area contributed by atoms with Crippen LogP contribution in [0.15, 0.2) is 118 Å². The number of aromatic nitrogens is 1. The Morgan fingerprint density at radius 3 is 2.36 bits per heavy atom. The number of fused-ring (bicyclic) bond motifs is 1. The van der Waals surface area contributed by atoms with Gasteiger partial charge >= 0.3 is 5.97 Å². The van der Waals surface area contributed by atoms with Gasteiger partial charge in [-0.15, -0.1) is 0 Å². The van der Waals surface area contributed by atoms with Crippen LogP contribution < -0.4 is 24.4 Å². The molecule has 0 unspecified atom stereocenters. The number of rotatable bonds is 9. The molecule has 1 aliphatic rings. The van der Waals surface area contributed by atoms with E-state index in [1.54, 1.807) is 36.8 Å². The highest BCUT2D eigenvalue weighted by molar-refractivity contribution is 7.07. The second-order valence-electron chi connectivity index (χ2n) is 10.1. The number of esters is 1. The lowest BCUT2D eigenvalue weighted by Crippen LogP contribution is -2.40. The summed E-state index contributed by atoms with van der Waals surface area (Å²) in [5, 5.41) is 0.539. The standard InChI is InChI=1S/C36H29ClN2O5S/c1-3-43-35(41)30-31(24-13-8-5-9-14-24)38-36-39(32(30)25-17-19-27(37)20-18-25)34(40)29(45-36)21-26-15-10-16-28(42-2)33(26)44-22-23-11-6-4-7-12-23/h4-21,32H,3,22H2,1-2H3/b29-21-/t32-/m1/s1. The van der Waals surface area contributed by atoms with Gasteiger partial charge in [0.1, 0.15) is 6.61 Å². The number of carbonyl (C=O) groups is 1. The van der Waals surface area contributed by atoms with Gasteiger partial charge in [0.15, 0.2) is 16.3 Å². The van der Waals surface area contributed by atoms with Gasteiger partial charge < -0.3 is 14.2 Å². The molecule has 7 nitrogen and oxygen atoms in total. The van der Waals surface area contributed by atoms with Gasteiger partial charge in [0, 0.05) is 16.1 Å². The van der Waals surface area contributed by atoms with Crippen LogP contribution in [-0.4, -0.2) is 24.3 Å². The number of nitrogens with zero attached hydrogens (tertiary/aromatic N) is 2. The van der Waals surface area contributed by atoms with Gasteiger partial charge in [-0.05, 0) is 42.3 Å². The van der Waals surface area contributed by atoms with Crippen LogP contribution in [0.3, 0.4) is 0 Å². The van der Waals surface area contributed by atoms with Crippen molar-refractivity contribution >= 4 is 40.7 Å². The maximum absolute atomic E-state index is 14.3. The van der Waals surface area contributed by atoms with Crippen LogP contribution in [0.5, 0.6) is 11.5 Å². The minimum Gasteiger partial charge on any atom is -0.493 e. The average molecular weight is 637 g/mol. The summed E-state index contributed by atoms with van der Waals surface area (Å²) in [7, 11) is 1.58. The van der Waals surface area contributed by atoms with Crippen molar-refractivity contribution in [1.29, 1.82) is 0 Å². The summed E-state index contributed by atoms with van der Waals surface area (Å²) < 4.78 is 19.4. The first-order valence-electron chi connectivity index (χ1n) is 14.4. The summed E-state index contributed by atoms with van der Waals surface area (Å²) in [6.45, 7) is 2.24. The number of thiazole rings is 1. The fourth-order valence-electron chi connectivity index (χ4n) is 5.23. The third-order valence-electron chi connectivity index (χ3n) is 7.30. The SMILES string of the molecule is CCOC(=O)C1=C(c2ccccc2)N=c2s/c(=C\c3cccc(OC)c3OCc3ccccc3)c(=O)n2[C@@H]1c1ccc(Cl)cc1. The molecular formula is C36H29ClN2O5S. The maximum atomic E-state index is 14.3. The van der Waals surface area contributed by atoms with Crippen molar-refractivity contribution in [2.24, 2.45) is 4.99 Å². The zero-order chi connectivity index (χ0) is 31.3. The van der Waals surface area contributed by atoms with Crippen LogP contribution in [0.25, 0.3) is 11.8 Å². The number of benzene rings is 4. The van der Waals surface area contributed by atoms with E-state index in [9.17, 15) is 9.59 Å². The van der Waals surface area contributed by atoms with Crippen molar-refractivity contribution in [3.8, 4) is 11.5 Å². The molecule has 1 aromatic heterocycles. The van der Waals surface area contributed by atoms with E-state index in [0.29, 0.717) is 49.3 Å². The van der Waals surface area contributed by atoms with Gasteiger partial charge in [0.05, 0.1) is 35.6 Å². The lowest BCUT2D eigenvalue weighted by atomic mass is 9.93. The highest BCUT2D eigenvalue weighted by atomic mass is 35.5. The molecule has 226 valence electrons. The van der Waals surface area contributed by atoms with Crippen LogP contribution >= 0.6 is 22.9 Å². The molecule has 4 aromatic carbocycles. The fourth-order valence-corrected chi connectivity index (χ4v) is 6.35. The molecule has 0 N–H and O–H groups in total. The molecule has 0 saturated heterocycles. The molecule has 0 saturated carbocycles. The zero-order valence-electron chi connectivity index (χ0n) is 24.6. The topological polar surface area (TPSA) is 79.1 Å².